The van der Waals surface area contributed by atoms with Gasteiger partial charge in [0.1, 0.15) is 0 Å². The maximum absolute atomic E-state index is 11.5. The van der Waals surface area contributed by atoms with Gasteiger partial charge in [-0.25, -0.2) is 0 Å². The van der Waals surface area contributed by atoms with Crippen LogP contribution in [0.4, 0.5) is 0 Å². The molecule has 2 saturated carbocycles. The second kappa shape index (κ2) is 4.30. The van der Waals surface area contributed by atoms with Gasteiger partial charge in [-0.15, -0.1) is 0 Å². The zero-order valence-corrected chi connectivity index (χ0v) is 8.88. The second-order valence-electron chi connectivity index (χ2n) is 4.63. The number of rotatable bonds is 4. The molecule has 2 rings (SSSR count). The number of carbonyl (C=O) groups is 1. The van der Waals surface area contributed by atoms with Crippen LogP contribution in [0.3, 0.4) is 0 Å². The van der Waals surface area contributed by atoms with E-state index in [1.165, 1.54) is 25.7 Å². The molecule has 2 N–H and O–H groups in total. The fourth-order valence-corrected chi connectivity index (χ4v) is 2.92. The van der Waals surface area contributed by atoms with Crippen LogP contribution in [0.5, 0.6) is 0 Å². The molecule has 0 radical (unpaired) electrons. The Morgan fingerprint density at radius 3 is 2.79 bits per heavy atom. The van der Waals surface area contributed by atoms with Crippen molar-refractivity contribution in [3.8, 4) is 0 Å². The molecule has 0 aromatic rings. The fourth-order valence-electron chi connectivity index (χ4n) is 2.92. The van der Waals surface area contributed by atoms with Crippen LogP contribution in [-0.4, -0.2) is 25.0 Å². The van der Waals surface area contributed by atoms with Crippen LogP contribution in [0.2, 0.25) is 0 Å². The summed E-state index contributed by atoms with van der Waals surface area (Å²) in [7, 11) is 0. The molecular formula is C11H20N2O. The van der Waals surface area contributed by atoms with Crippen LogP contribution in [0.25, 0.3) is 0 Å². The maximum atomic E-state index is 11.5. The van der Waals surface area contributed by atoms with Gasteiger partial charge < -0.3 is 10.6 Å². The summed E-state index contributed by atoms with van der Waals surface area (Å²) < 4.78 is 0. The summed E-state index contributed by atoms with van der Waals surface area (Å²) in [6.07, 6.45) is 5.30. The SMILES string of the molecule is CCNCC(=O)NC1CC2CCC1C2. The summed E-state index contributed by atoms with van der Waals surface area (Å²) in [6, 6.07) is 0.486. The van der Waals surface area contributed by atoms with Crippen LogP contribution >= 0.6 is 0 Å². The molecule has 3 nitrogen and oxygen atoms in total. The number of amides is 1. The molecule has 0 spiro atoms. The van der Waals surface area contributed by atoms with Gasteiger partial charge in [0.05, 0.1) is 6.54 Å². The summed E-state index contributed by atoms with van der Waals surface area (Å²) in [6.45, 7) is 3.36. The Morgan fingerprint density at radius 1 is 1.36 bits per heavy atom. The first-order valence-corrected chi connectivity index (χ1v) is 5.79. The molecule has 3 heteroatoms. The molecular weight excluding hydrogens is 176 g/mol. The molecule has 2 aliphatic carbocycles. The standard InChI is InChI=1S/C11H20N2O/c1-2-12-7-11(14)13-10-6-8-3-4-9(10)5-8/h8-10,12H,2-7H2,1H3,(H,13,14). The van der Waals surface area contributed by atoms with E-state index in [0.29, 0.717) is 12.6 Å². The minimum atomic E-state index is 0.171. The second-order valence-corrected chi connectivity index (χ2v) is 4.63. The predicted molar refractivity (Wildman–Crippen MR) is 55.9 cm³/mol. The Balaban J connectivity index is 1.73. The minimum absolute atomic E-state index is 0.171. The first kappa shape index (κ1) is 9.97. The molecule has 14 heavy (non-hydrogen) atoms. The molecule has 2 fully saturated rings. The van der Waals surface area contributed by atoms with E-state index < -0.39 is 0 Å². The number of hydrogen-bond acceptors (Lipinski definition) is 2. The number of carbonyl (C=O) groups excluding carboxylic acids is 1. The maximum Gasteiger partial charge on any atom is 0.234 e. The molecule has 1 amide bonds. The largest absolute Gasteiger partial charge is 0.352 e. The number of nitrogens with one attached hydrogen (secondary N) is 2. The van der Waals surface area contributed by atoms with E-state index in [4.69, 9.17) is 0 Å². The molecule has 0 heterocycles. The third-order valence-electron chi connectivity index (χ3n) is 3.62. The number of fused-ring (bicyclic) bond motifs is 2. The molecule has 0 saturated heterocycles. The van der Waals surface area contributed by atoms with Gasteiger partial charge in [-0.1, -0.05) is 13.3 Å². The lowest BCUT2D eigenvalue weighted by Crippen LogP contribution is -2.42. The van der Waals surface area contributed by atoms with Crippen LogP contribution in [0, 0.1) is 11.8 Å². The van der Waals surface area contributed by atoms with Gasteiger partial charge in [-0.05, 0) is 37.6 Å². The van der Waals surface area contributed by atoms with Crippen LogP contribution in [-0.2, 0) is 4.79 Å². The van der Waals surface area contributed by atoms with Gasteiger partial charge in [0.2, 0.25) is 5.91 Å². The molecule has 0 aromatic heterocycles. The minimum Gasteiger partial charge on any atom is -0.352 e. The average molecular weight is 196 g/mol. The van der Waals surface area contributed by atoms with E-state index in [1.807, 2.05) is 6.92 Å². The highest BCUT2D eigenvalue weighted by atomic mass is 16.1. The summed E-state index contributed by atoms with van der Waals surface area (Å²) in [5.41, 5.74) is 0. The topological polar surface area (TPSA) is 41.1 Å². The Labute approximate surface area is 85.6 Å². The van der Waals surface area contributed by atoms with Crippen LogP contribution in [0.15, 0.2) is 0 Å². The quantitative estimate of drug-likeness (QED) is 0.701. The molecule has 80 valence electrons. The van der Waals surface area contributed by atoms with Gasteiger partial charge in [0, 0.05) is 6.04 Å². The van der Waals surface area contributed by atoms with Crippen molar-refractivity contribution < 1.29 is 4.79 Å². The van der Waals surface area contributed by atoms with Crippen molar-refractivity contribution in [2.75, 3.05) is 13.1 Å². The molecule has 0 aliphatic heterocycles. The lowest BCUT2D eigenvalue weighted by atomic mass is 9.95. The summed E-state index contributed by atoms with van der Waals surface area (Å²) in [5, 5.41) is 6.20. The molecule has 2 aliphatic rings. The zero-order valence-electron chi connectivity index (χ0n) is 8.88. The summed E-state index contributed by atoms with van der Waals surface area (Å²) in [5.74, 6) is 1.86. The van der Waals surface area contributed by atoms with E-state index in [2.05, 4.69) is 10.6 Å². The van der Waals surface area contributed by atoms with Gasteiger partial charge in [0.25, 0.3) is 0 Å². The van der Waals surface area contributed by atoms with Crippen molar-refractivity contribution in [2.24, 2.45) is 11.8 Å². The molecule has 0 aromatic carbocycles. The van der Waals surface area contributed by atoms with Gasteiger partial charge in [-0.3, -0.25) is 4.79 Å². The normalized spacial score (nSPS) is 34.8. The first-order valence-electron chi connectivity index (χ1n) is 5.79. The lowest BCUT2D eigenvalue weighted by molar-refractivity contribution is -0.121. The monoisotopic (exact) mass is 196 g/mol. The molecule has 2 bridgehead atoms. The van der Waals surface area contributed by atoms with E-state index in [0.717, 1.165) is 18.4 Å². The van der Waals surface area contributed by atoms with Crippen LogP contribution < -0.4 is 10.6 Å². The Morgan fingerprint density at radius 2 is 2.21 bits per heavy atom. The van der Waals surface area contributed by atoms with Gasteiger partial charge >= 0.3 is 0 Å². The predicted octanol–water partition coefficient (Wildman–Crippen LogP) is 0.901. The van der Waals surface area contributed by atoms with Gasteiger partial charge in [0.15, 0.2) is 0 Å². The van der Waals surface area contributed by atoms with Crippen molar-refractivity contribution in [1.82, 2.24) is 10.6 Å². The van der Waals surface area contributed by atoms with E-state index in [-0.39, 0.29) is 5.91 Å². The van der Waals surface area contributed by atoms with Crippen molar-refractivity contribution >= 4 is 5.91 Å². The first-order chi connectivity index (χ1) is 6.79. The summed E-state index contributed by atoms with van der Waals surface area (Å²) >= 11 is 0. The van der Waals surface area contributed by atoms with Crippen molar-refractivity contribution in [3.63, 3.8) is 0 Å². The third kappa shape index (κ3) is 2.08. The highest BCUT2D eigenvalue weighted by Gasteiger charge is 2.39. The molecule has 3 unspecified atom stereocenters. The average Bonchev–Trinajstić information content (AvgIpc) is 2.76. The molecule has 3 atom stereocenters. The van der Waals surface area contributed by atoms with Crippen LogP contribution in [0.1, 0.15) is 32.6 Å². The fraction of sp³-hybridized carbons (Fsp3) is 0.909. The summed E-state index contributed by atoms with van der Waals surface area (Å²) in [4.78, 5) is 11.5. The van der Waals surface area contributed by atoms with E-state index in [1.54, 1.807) is 0 Å². The smallest absolute Gasteiger partial charge is 0.234 e. The van der Waals surface area contributed by atoms with Crippen molar-refractivity contribution in [2.45, 2.75) is 38.6 Å². The van der Waals surface area contributed by atoms with E-state index >= 15 is 0 Å². The highest BCUT2D eigenvalue weighted by molar-refractivity contribution is 5.78. The Kier molecular flexibility index (Phi) is 3.06. The van der Waals surface area contributed by atoms with Crippen molar-refractivity contribution in [1.29, 1.82) is 0 Å². The van der Waals surface area contributed by atoms with Gasteiger partial charge in [-0.2, -0.15) is 0 Å². The van der Waals surface area contributed by atoms with E-state index in [9.17, 15) is 4.79 Å². The highest BCUT2D eigenvalue weighted by Crippen LogP contribution is 2.44. The number of likely N-dealkylation sites (N-methyl/N-ethyl adjacent to an activating group) is 1. The number of hydrogen-bond donors (Lipinski definition) is 2. The third-order valence-corrected chi connectivity index (χ3v) is 3.62. The van der Waals surface area contributed by atoms with Crippen molar-refractivity contribution in [3.05, 3.63) is 0 Å². The Bertz CT molecular complexity index is 217. The Hall–Kier alpha value is -0.570. The lowest BCUT2D eigenvalue weighted by Gasteiger charge is -2.22. The zero-order chi connectivity index (χ0) is 9.97.